The summed E-state index contributed by atoms with van der Waals surface area (Å²) in [7, 11) is -3.75. The Balaban J connectivity index is 1.81. The molecule has 2 heterocycles. The monoisotopic (exact) mass is 271 g/mol. The lowest BCUT2D eigenvalue weighted by molar-refractivity contribution is 0.141. The maximum absolute atomic E-state index is 13.4. The molecule has 0 aromatic heterocycles. The van der Waals surface area contributed by atoms with Gasteiger partial charge in [-0.3, -0.25) is 4.90 Å². The van der Waals surface area contributed by atoms with E-state index in [1.807, 2.05) is 0 Å². The number of nitrogens with zero attached hydrogens (tertiary/aromatic N) is 1. The summed E-state index contributed by atoms with van der Waals surface area (Å²) >= 11 is 0. The van der Waals surface area contributed by atoms with Gasteiger partial charge < -0.3 is 4.18 Å². The van der Waals surface area contributed by atoms with E-state index in [0.29, 0.717) is 6.42 Å². The molecule has 0 bridgehead atoms. The van der Waals surface area contributed by atoms with Gasteiger partial charge in [0.05, 0.1) is 0 Å². The molecule has 6 heteroatoms. The van der Waals surface area contributed by atoms with Crippen LogP contribution in [-0.2, 0) is 10.1 Å². The number of para-hydroxylation sites is 1. The van der Waals surface area contributed by atoms with E-state index in [-0.39, 0.29) is 11.8 Å². The first-order valence-electron chi connectivity index (χ1n) is 6.00. The van der Waals surface area contributed by atoms with Crippen molar-refractivity contribution in [2.75, 3.05) is 13.1 Å². The van der Waals surface area contributed by atoms with Crippen LogP contribution < -0.4 is 4.18 Å². The van der Waals surface area contributed by atoms with Crippen molar-refractivity contribution in [3.8, 4) is 5.75 Å². The van der Waals surface area contributed by atoms with Gasteiger partial charge in [0.1, 0.15) is 5.25 Å². The summed E-state index contributed by atoms with van der Waals surface area (Å²) in [5, 5.41) is -0.522. The van der Waals surface area contributed by atoms with Gasteiger partial charge in [-0.15, -0.1) is 0 Å². The molecule has 0 spiro atoms. The lowest BCUT2D eigenvalue weighted by Crippen LogP contribution is -2.49. The molecule has 0 radical (unpaired) electrons. The summed E-state index contributed by atoms with van der Waals surface area (Å²) in [6.45, 7) is 1.74. The van der Waals surface area contributed by atoms with Crippen LogP contribution >= 0.6 is 0 Å². The van der Waals surface area contributed by atoms with Crippen LogP contribution in [0.1, 0.15) is 12.8 Å². The van der Waals surface area contributed by atoms with E-state index < -0.39 is 21.2 Å². The highest BCUT2D eigenvalue weighted by Crippen LogP contribution is 2.34. The lowest BCUT2D eigenvalue weighted by Gasteiger charge is -2.36. The van der Waals surface area contributed by atoms with Gasteiger partial charge in [-0.2, -0.15) is 8.42 Å². The molecule has 2 saturated heterocycles. The third-order valence-corrected chi connectivity index (χ3v) is 5.43. The molecule has 0 amide bonds. The van der Waals surface area contributed by atoms with Crippen LogP contribution in [0.15, 0.2) is 24.3 Å². The molecular formula is C12H14FNO3S. The minimum absolute atomic E-state index is 0.0572. The van der Waals surface area contributed by atoms with Crippen molar-refractivity contribution < 1.29 is 17.0 Å². The average molecular weight is 271 g/mol. The third kappa shape index (κ3) is 1.89. The zero-order valence-electron chi connectivity index (χ0n) is 9.75. The van der Waals surface area contributed by atoms with Gasteiger partial charge in [0.25, 0.3) is 0 Å². The molecular weight excluding hydrogens is 257 g/mol. The number of fused-ring (bicyclic) bond motifs is 1. The van der Waals surface area contributed by atoms with Gasteiger partial charge >= 0.3 is 10.1 Å². The van der Waals surface area contributed by atoms with Crippen molar-refractivity contribution >= 4 is 10.1 Å². The van der Waals surface area contributed by atoms with E-state index in [0.717, 1.165) is 19.5 Å². The second-order valence-corrected chi connectivity index (χ2v) is 6.48. The zero-order valence-corrected chi connectivity index (χ0v) is 10.6. The average Bonchev–Trinajstić information content (AvgIpc) is 2.58. The summed E-state index contributed by atoms with van der Waals surface area (Å²) in [5.41, 5.74) is 0. The Morgan fingerprint density at radius 1 is 1.22 bits per heavy atom. The Morgan fingerprint density at radius 3 is 2.56 bits per heavy atom. The van der Waals surface area contributed by atoms with Gasteiger partial charge in [-0.25, -0.2) is 4.39 Å². The third-order valence-electron chi connectivity index (χ3n) is 3.72. The Bertz CT molecular complexity index is 560. The Hall–Kier alpha value is -1.14. The second-order valence-electron chi connectivity index (χ2n) is 4.73. The second kappa shape index (κ2) is 4.20. The van der Waals surface area contributed by atoms with Crippen LogP contribution in [0.3, 0.4) is 0 Å². The molecule has 98 valence electrons. The molecule has 2 aliphatic rings. The highest BCUT2D eigenvalue weighted by molar-refractivity contribution is 7.87. The fourth-order valence-electron chi connectivity index (χ4n) is 2.68. The van der Waals surface area contributed by atoms with Gasteiger partial charge in [-0.1, -0.05) is 12.1 Å². The summed E-state index contributed by atoms with van der Waals surface area (Å²) in [4.78, 5) is 2.13. The summed E-state index contributed by atoms with van der Waals surface area (Å²) < 4.78 is 42.6. The summed E-state index contributed by atoms with van der Waals surface area (Å²) in [6, 6.07) is 5.63. The highest BCUT2D eigenvalue weighted by atomic mass is 32.2. The molecule has 2 unspecified atom stereocenters. The predicted molar refractivity (Wildman–Crippen MR) is 64.3 cm³/mol. The van der Waals surface area contributed by atoms with Crippen molar-refractivity contribution in [1.82, 2.24) is 4.90 Å². The molecule has 0 aliphatic carbocycles. The van der Waals surface area contributed by atoms with Crippen LogP contribution in [0, 0.1) is 5.82 Å². The summed E-state index contributed by atoms with van der Waals surface area (Å²) in [5.74, 6) is -0.861. The highest BCUT2D eigenvalue weighted by Gasteiger charge is 2.47. The fourth-order valence-corrected chi connectivity index (χ4v) is 4.28. The largest absolute Gasteiger partial charge is 0.379 e. The topological polar surface area (TPSA) is 46.6 Å². The number of benzene rings is 1. The van der Waals surface area contributed by atoms with Crippen LogP contribution in [0.2, 0.25) is 0 Å². The van der Waals surface area contributed by atoms with Crippen molar-refractivity contribution in [3.63, 3.8) is 0 Å². The Kier molecular flexibility index (Phi) is 2.79. The minimum Gasteiger partial charge on any atom is -0.379 e. The first-order valence-corrected chi connectivity index (χ1v) is 7.47. The van der Waals surface area contributed by atoms with E-state index in [4.69, 9.17) is 4.18 Å². The Morgan fingerprint density at radius 2 is 1.94 bits per heavy atom. The molecule has 0 saturated carbocycles. The van der Waals surface area contributed by atoms with E-state index in [9.17, 15) is 12.8 Å². The van der Waals surface area contributed by atoms with Crippen LogP contribution in [0.25, 0.3) is 0 Å². The van der Waals surface area contributed by atoms with Gasteiger partial charge in [0, 0.05) is 12.6 Å². The van der Waals surface area contributed by atoms with Crippen molar-refractivity contribution in [3.05, 3.63) is 30.1 Å². The van der Waals surface area contributed by atoms with Crippen LogP contribution in [0.4, 0.5) is 4.39 Å². The van der Waals surface area contributed by atoms with Gasteiger partial charge in [0.2, 0.25) is 0 Å². The quantitative estimate of drug-likeness (QED) is 0.779. The van der Waals surface area contributed by atoms with Gasteiger partial charge in [-0.05, 0) is 31.5 Å². The standard InChI is InChI=1S/C12H14FNO3S/c13-9-3-1-2-4-11(9)17-18(15,16)12-6-8-14-7-5-10(12)14/h1-4,10,12H,5-8H2. The van der Waals surface area contributed by atoms with Crippen LogP contribution in [-0.4, -0.2) is 37.7 Å². The van der Waals surface area contributed by atoms with Crippen molar-refractivity contribution in [2.24, 2.45) is 0 Å². The lowest BCUT2D eigenvalue weighted by atomic mass is 10.1. The maximum Gasteiger partial charge on any atom is 0.313 e. The minimum atomic E-state index is -3.75. The van der Waals surface area contributed by atoms with Gasteiger partial charge in [0.15, 0.2) is 11.6 Å². The first kappa shape index (κ1) is 11.9. The molecule has 4 nitrogen and oxygen atoms in total. The Labute approximate surface area is 105 Å². The van der Waals surface area contributed by atoms with Crippen molar-refractivity contribution in [1.29, 1.82) is 0 Å². The maximum atomic E-state index is 13.4. The number of hydrogen-bond acceptors (Lipinski definition) is 4. The zero-order chi connectivity index (χ0) is 12.8. The summed E-state index contributed by atoms with van der Waals surface area (Å²) in [6.07, 6.45) is 1.45. The number of halogens is 1. The molecule has 2 aliphatic heterocycles. The molecule has 3 rings (SSSR count). The van der Waals surface area contributed by atoms with E-state index in [1.54, 1.807) is 6.07 Å². The fraction of sp³-hybridized carbons (Fsp3) is 0.500. The van der Waals surface area contributed by atoms with E-state index in [2.05, 4.69) is 4.90 Å². The smallest absolute Gasteiger partial charge is 0.313 e. The normalized spacial score (nSPS) is 27.6. The van der Waals surface area contributed by atoms with Crippen LogP contribution in [0.5, 0.6) is 5.75 Å². The van der Waals surface area contributed by atoms with Crippen molar-refractivity contribution in [2.45, 2.75) is 24.1 Å². The van der Waals surface area contributed by atoms with E-state index in [1.165, 1.54) is 18.2 Å². The molecule has 0 N–H and O–H groups in total. The molecule has 1 aromatic rings. The first-order chi connectivity index (χ1) is 8.58. The van der Waals surface area contributed by atoms with E-state index >= 15 is 0 Å². The molecule has 1 aromatic carbocycles. The number of hydrogen-bond donors (Lipinski definition) is 0. The number of rotatable bonds is 3. The molecule has 2 atom stereocenters. The predicted octanol–water partition coefficient (Wildman–Crippen LogP) is 1.38. The molecule has 18 heavy (non-hydrogen) atoms. The molecule has 2 fully saturated rings. The SMILES string of the molecule is O=S(=O)(Oc1ccccc1F)C1CCN2CCC12.